The van der Waals surface area contributed by atoms with Gasteiger partial charge in [0.1, 0.15) is 0 Å². The number of fused-ring (bicyclic) bond motifs is 1. The minimum absolute atomic E-state index is 0.664. The van der Waals surface area contributed by atoms with E-state index in [0.29, 0.717) is 5.92 Å². The van der Waals surface area contributed by atoms with E-state index in [1.165, 1.54) is 48.4 Å². The van der Waals surface area contributed by atoms with Crippen molar-refractivity contribution in [1.82, 2.24) is 10.3 Å². The maximum absolute atomic E-state index is 4.96. The Hall–Kier alpha value is -1.19. The van der Waals surface area contributed by atoms with Gasteiger partial charge in [0.2, 0.25) is 0 Å². The molecule has 22 heavy (non-hydrogen) atoms. The van der Waals surface area contributed by atoms with Crippen molar-refractivity contribution >= 4 is 11.3 Å². The van der Waals surface area contributed by atoms with E-state index in [9.17, 15) is 0 Å². The maximum atomic E-state index is 4.96. The van der Waals surface area contributed by atoms with Crippen LogP contribution in [0.15, 0.2) is 23.6 Å². The molecule has 0 spiro atoms. The molecule has 4 rings (SSSR count). The summed E-state index contributed by atoms with van der Waals surface area (Å²) in [4.78, 5) is 4.96. The Morgan fingerprint density at radius 1 is 1.18 bits per heavy atom. The molecular formula is C19H24N2S. The van der Waals surface area contributed by atoms with E-state index in [1.807, 2.05) is 11.3 Å². The van der Waals surface area contributed by atoms with Crippen molar-refractivity contribution in [2.45, 2.75) is 50.9 Å². The summed E-state index contributed by atoms with van der Waals surface area (Å²) in [5.74, 6) is 1.39. The van der Waals surface area contributed by atoms with Crippen LogP contribution in [0.5, 0.6) is 0 Å². The first-order valence-corrected chi connectivity index (χ1v) is 9.48. The highest BCUT2D eigenvalue weighted by Gasteiger charge is 2.20. The molecule has 2 heterocycles. The van der Waals surface area contributed by atoms with Crippen LogP contribution in [0, 0.1) is 0 Å². The van der Waals surface area contributed by atoms with Gasteiger partial charge in [-0.2, -0.15) is 0 Å². The van der Waals surface area contributed by atoms with Crippen molar-refractivity contribution < 1.29 is 0 Å². The van der Waals surface area contributed by atoms with Crippen LogP contribution in [0.3, 0.4) is 0 Å². The normalized spacial score (nSPS) is 22.5. The van der Waals surface area contributed by atoms with Gasteiger partial charge in [-0.05, 0) is 68.3 Å². The second kappa shape index (κ2) is 6.13. The number of thiazole rings is 1. The van der Waals surface area contributed by atoms with Gasteiger partial charge in [-0.3, -0.25) is 0 Å². The fraction of sp³-hybridized carbons (Fsp3) is 0.526. The van der Waals surface area contributed by atoms with E-state index >= 15 is 0 Å². The number of rotatable bonds is 2. The third kappa shape index (κ3) is 2.72. The number of aryl methyl sites for hydroxylation is 1. The van der Waals surface area contributed by atoms with Crippen LogP contribution < -0.4 is 5.32 Å². The molecule has 1 atom stereocenters. The fourth-order valence-corrected chi connectivity index (χ4v) is 4.89. The predicted molar refractivity (Wildman–Crippen MR) is 93.7 cm³/mol. The lowest BCUT2D eigenvalue weighted by atomic mass is 9.83. The summed E-state index contributed by atoms with van der Waals surface area (Å²) in [5.41, 5.74) is 5.60. The zero-order chi connectivity index (χ0) is 14.9. The molecule has 3 heteroatoms. The summed E-state index contributed by atoms with van der Waals surface area (Å²) in [6.45, 7) is 4.63. The first-order valence-electron chi connectivity index (χ1n) is 8.60. The summed E-state index contributed by atoms with van der Waals surface area (Å²) in [6, 6.07) is 7.02. The van der Waals surface area contributed by atoms with E-state index in [4.69, 9.17) is 4.98 Å². The molecule has 1 aliphatic carbocycles. The van der Waals surface area contributed by atoms with Gasteiger partial charge in [0.25, 0.3) is 0 Å². The van der Waals surface area contributed by atoms with Crippen LogP contribution in [-0.4, -0.2) is 18.1 Å². The van der Waals surface area contributed by atoms with Gasteiger partial charge in [0.05, 0.1) is 10.7 Å². The van der Waals surface area contributed by atoms with Crippen molar-refractivity contribution in [3.05, 3.63) is 39.7 Å². The summed E-state index contributed by atoms with van der Waals surface area (Å²) < 4.78 is 0. The minimum atomic E-state index is 0.664. The van der Waals surface area contributed by atoms with Crippen molar-refractivity contribution in [1.29, 1.82) is 0 Å². The molecule has 1 aromatic carbocycles. The van der Waals surface area contributed by atoms with E-state index < -0.39 is 0 Å². The molecule has 1 N–H and O–H groups in total. The lowest BCUT2D eigenvalue weighted by Gasteiger charge is -2.22. The Morgan fingerprint density at radius 2 is 2.05 bits per heavy atom. The number of hydrogen-bond acceptors (Lipinski definition) is 3. The van der Waals surface area contributed by atoms with Crippen molar-refractivity contribution in [2.75, 3.05) is 13.1 Å². The zero-order valence-corrected chi connectivity index (χ0v) is 14.1. The van der Waals surface area contributed by atoms with E-state index in [0.717, 1.165) is 19.0 Å². The Balaban J connectivity index is 1.61. The Kier molecular flexibility index (Phi) is 4.01. The molecule has 116 valence electrons. The number of nitrogens with zero attached hydrogens (tertiary/aromatic N) is 1. The van der Waals surface area contributed by atoms with E-state index in [-0.39, 0.29) is 0 Å². The molecule has 1 saturated heterocycles. The monoisotopic (exact) mass is 312 g/mol. The first kappa shape index (κ1) is 14.4. The van der Waals surface area contributed by atoms with Crippen LogP contribution in [0.2, 0.25) is 0 Å². The number of piperidine rings is 1. The average Bonchev–Trinajstić information content (AvgIpc) is 3.06. The molecule has 2 aromatic rings. The molecular weight excluding hydrogens is 288 g/mol. The van der Waals surface area contributed by atoms with Gasteiger partial charge >= 0.3 is 0 Å². The highest BCUT2D eigenvalue weighted by atomic mass is 32.1. The second-order valence-electron chi connectivity index (χ2n) is 6.80. The van der Waals surface area contributed by atoms with Gasteiger partial charge in [0.15, 0.2) is 0 Å². The van der Waals surface area contributed by atoms with Crippen molar-refractivity contribution in [2.24, 2.45) is 0 Å². The van der Waals surface area contributed by atoms with Gasteiger partial charge < -0.3 is 5.32 Å². The number of aromatic nitrogens is 1. The van der Waals surface area contributed by atoms with Crippen LogP contribution in [0.25, 0.3) is 11.3 Å². The average molecular weight is 312 g/mol. The smallest absolute Gasteiger partial charge is 0.0964 e. The molecule has 2 aliphatic rings. The molecule has 0 unspecified atom stereocenters. The molecule has 0 saturated carbocycles. The molecule has 0 bridgehead atoms. The quantitative estimate of drug-likeness (QED) is 0.868. The van der Waals surface area contributed by atoms with Crippen molar-refractivity contribution in [3.63, 3.8) is 0 Å². The SMILES string of the molecule is C[C@@H]1CCCc2cc(-c3csc(C4CCNCC4)n3)ccc21. The molecule has 2 nitrogen and oxygen atoms in total. The second-order valence-corrected chi connectivity index (χ2v) is 7.69. The highest BCUT2D eigenvalue weighted by Crippen LogP contribution is 2.35. The maximum Gasteiger partial charge on any atom is 0.0964 e. The fourth-order valence-electron chi connectivity index (χ4n) is 3.89. The van der Waals surface area contributed by atoms with E-state index in [1.54, 1.807) is 11.1 Å². The molecule has 1 aromatic heterocycles. The van der Waals surface area contributed by atoms with Crippen LogP contribution in [-0.2, 0) is 6.42 Å². The molecule has 1 aliphatic heterocycles. The van der Waals surface area contributed by atoms with Gasteiger partial charge in [-0.1, -0.05) is 19.1 Å². The van der Waals surface area contributed by atoms with Gasteiger partial charge in [-0.15, -0.1) is 11.3 Å². The summed E-state index contributed by atoms with van der Waals surface area (Å²) in [5, 5.41) is 7.03. The molecule has 1 fully saturated rings. The Bertz CT molecular complexity index is 655. The van der Waals surface area contributed by atoms with Gasteiger partial charge in [-0.25, -0.2) is 4.98 Å². The lowest BCUT2D eigenvalue weighted by Crippen LogP contribution is -2.26. The predicted octanol–water partition coefficient (Wildman–Crippen LogP) is 4.72. The van der Waals surface area contributed by atoms with Crippen LogP contribution in [0.4, 0.5) is 0 Å². The Morgan fingerprint density at radius 3 is 2.91 bits per heavy atom. The van der Waals surface area contributed by atoms with E-state index in [2.05, 4.69) is 35.8 Å². The topological polar surface area (TPSA) is 24.9 Å². The Labute approximate surface area is 137 Å². The highest BCUT2D eigenvalue weighted by molar-refractivity contribution is 7.10. The number of nitrogens with one attached hydrogen (secondary N) is 1. The molecule has 0 amide bonds. The van der Waals surface area contributed by atoms with Crippen molar-refractivity contribution in [3.8, 4) is 11.3 Å². The summed E-state index contributed by atoms with van der Waals surface area (Å²) in [7, 11) is 0. The number of benzene rings is 1. The number of hydrogen-bond donors (Lipinski definition) is 1. The van der Waals surface area contributed by atoms with Crippen LogP contribution >= 0.6 is 11.3 Å². The van der Waals surface area contributed by atoms with Gasteiger partial charge in [0, 0.05) is 16.9 Å². The largest absolute Gasteiger partial charge is 0.317 e. The minimum Gasteiger partial charge on any atom is -0.317 e. The zero-order valence-electron chi connectivity index (χ0n) is 13.3. The standard InChI is InChI=1S/C19H24N2S/c1-13-3-2-4-15-11-16(5-6-17(13)15)18-12-22-19(21-18)14-7-9-20-10-8-14/h5-6,11-14,20H,2-4,7-10H2,1H3/t13-/m1/s1. The summed E-state index contributed by atoms with van der Waals surface area (Å²) >= 11 is 1.85. The lowest BCUT2D eigenvalue weighted by molar-refractivity contribution is 0.459. The third-order valence-electron chi connectivity index (χ3n) is 5.26. The van der Waals surface area contributed by atoms with Crippen LogP contribution in [0.1, 0.15) is 60.6 Å². The summed E-state index contributed by atoms with van der Waals surface area (Å²) in [6.07, 6.45) is 6.36. The third-order valence-corrected chi connectivity index (χ3v) is 6.27. The first-order chi connectivity index (χ1) is 10.8. The molecule has 0 radical (unpaired) electrons.